The molecule has 1 aliphatic rings. The topological polar surface area (TPSA) is 30.5 Å². The van der Waals surface area contributed by atoms with Gasteiger partial charge in [0.1, 0.15) is 6.20 Å². The average Bonchev–Trinajstić information content (AvgIpc) is 2.86. The number of hydrogen-bond acceptors (Lipinski definition) is 1. The Morgan fingerprint density at radius 2 is 1.39 bits per heavy atom. The molecule has 0 saturated carbocycles. The van der Waals surface area contributed by atoms with Gasteiger partial charge in [0.15, 0.2) is 0 Å². The van der Waals surface area contributed by atoms with Gasteiger partial charge >= 0.3 is 0 Å². The minimum Gasteiger partial charge on any atom is -1.00 e. The first-order valence-electron chi connectivity index (χ1n) is 9.25. The van der Waals surface area contributed by atoms with Gasteiger partial charge in [-0.25, -0.2) is 0 Å². The van der Waals surface area contributed by atoms with Crippen molar-refractivity contribution in [2.45, 2.75) is 71.1 Å². The molecule has 1 heterocycles. The third-order valence-corrected chi connectivity index (χ3v) is 4.73. The van der Waals surface area contributed by atoms with Gasteiger partial charge in [-0.2, -0.15) is 0 Å². The van der Waals surface area contributed by atoms with Crippen LogP contribution in [0.5, 0.6) is 0 Å². The molecule has 0 aliphatic carbocycles. The first kappa shape index (κ1) is 20.2. The van der Waals surface area contributed by atoms with Crippen molar-refractivity contribution in [3.05, 3.63) is 34.7 Å². The number of hydrogen-bond donors (Lipinski definition) is 2. The maximum absolute atomic E-state index is 6.26. The molecular weight excluding hydrogens is 348 g/mol. The molecule has 1 unspecified atom stereocenters. The molecule has 0 bridgehead atoms. The quantitative estimate of drug-likeness (QED) is 0.487. The van der Waals surface area contributed by atoms with Crippen molar-refractivity contribution in [2.24, 2.45) is 5.73 Å². The molecule has 1 aromatic carbocycles. The van der Waals surface area contributed by atoms with Gasteiger partial charge in [0.05, 0.1) is 11.8 Å². The number of halogens is 1. The van der Waals surface area contributed by atoms with Crippen molar-refractivity contribution >= 4 is 12.0 Å². The van der Waals surface area contributed by atoms with E-state index < -0.39 is 0 Å². The molecule has 130 valence electrons. The van der Waals surface area contributed by atoms with E-state index in [1.54, 1.807) is 0 Å². The van der Waals surface area contributed by atoms with Crippen LogP contribution in [0.25, 0.3) is 12.0 Å². The number of quaternary nitrogens is 1. The van der Waals surface area contributed by atoms with Crippen LogP contribution in [0.2, 0.25) is 0 Å². The number of unbranched alkanes of at least 4 members (excludes halogenated alkanes) is 9. The summed E-state index contributed by atoms with van der Waals surface area (Å²) in [4.78, 5) is 1.35. The third-order valence-electron chi connectivity index (χ3n) is 4.73. The van der Waals surface area contributed by atoms with E-state index in [1.165, 1.54) is 79.5 Å². The van der Waals surface area contributed by atoms with E-state index in [4.69, 9.17) is 5.73 Å². The van der Waals surface area contributed by atoms with Crippen molar-refractivity contribution in [1.29, 1.82) is 0 Å². The third kappa shape index (κ3) is 6.68. The largest absolute Gasteiger partial charge is 1.00 e. The summed E-state index contributed by atoms with van der Waals surface area (Å²) in [5, 5.41) is 2.52. The van der Waals surface area contributed by atoms with E-state index in [0.717, 1.165) is 12.4 Å². The number of nitrogens with one attached hydrogen (secondary N) is 1. The summed E-state index contributed by atoms with van der Waals surface area (Å²) in [6, 6.07) is 8.45. The highest BCUT2D eigenvalue weighted by molar-refractivity contribution is 5.40. The van der Waals surface area contributed by atoms with E-state index in [0.29, 0.717) is 0 Å². The van der Waals surface area contributed by atoms with Crippen LogP contribution in [0, 0.1) is 0 Å². The van der Waals surface area contributed by atoms with Crippen LogP contribution < -0.4 is 38.1 Å². The van der Waals surface area contributed by atoms with Crippen LogP contribution in [0.15, 0.2) is 24.3 Å². The molecule has 3 heteroatoms. The Morgan fingerprint density at radius 3 is 2.00 bits per heavy atom. The summed E-state index contributed by atoms with van der Waals surface area (Å²) in [6.45, 7) is 3.42. The monoisotopic (exact) mass is 380 g/mol. The standard InChI is InChI=1S/C20H32N2.BrH/c1-2-3-4-5-6-7-8-9-10-13-16-22-17-18-14-11-12-15-19(18)20(22)21;/h11-12,14-15,17H,2-10,13,16,21H2,1H3;1H. The number of rotatable bonds is 11. The van der Waals surface area contributed by atoms with Crippen LogP contribution >= 0.6 is 0 Å². The summed E-state index contributed by atoms with van der Waals surface area (Å²) in [6.07, 6.45) is 16.2. The Morgan fingerprint density at radius 1 is 0.826 bits per heavy atom. The highest BCUT2D eigenvalue weighted by Crippen LogP contribution is 2.10. The highest BCUT2D eigenvalue weighted by Gasteiger charge is 2.16. The second kappa shape index (κ2) is 11.7. The molecular formula is C20H33BrN2. The summed E-state index contributed by atoms with van der Waals surface area (Å²) >= 11 is 0. The molecule has 1 atom stereocenters. The van der Waals surface area contributed by atoms with Crippen molar-refractivity contribution < 1.29 is 21.9 Å². The minimum absolute atomic E-state index is 0. The van der Waals surface area contributed by atoms with Gasteiger partial charge in [0, 0.05) is 5.22 Å². The average molecular weight is 381 g/mol. The fourth-order valence-electron chi connectivity index (χ4n) is 3.32. The molecule has 1 aromatic rings. The highest BCUT2D eigenvalue weighted by atomic mass is 79.9. The molecule has 0 saturated heterocycles. The Kier molecular flexibility index (Phi) is 10.3. The van der Waals surface area contributed by atoms with Gasteiger partial charge in [-0.15, -0.1) is 0 Å². The van der Waals surface area contributed by atoms with Crippen LogP contribution in [0.1, 0.15) is 71.1 Å². The molecule has 3 N–H and O–H groups in total. The summed E-state index contributed by atoms with van der Waals surface area (Å²) in [7, 11) is 0. The fraction of sp³-hybridized carbons (Fsp3) is 0.600. The van der Waals surface area contributed by atoms with Crippen LogP contribution in [0.3, 0.4) is 0 Å². The van der Waals surface area contributed by atoms with Gasteiger partial charge in [0.25, 0.3) is 0 Å². The Labute approximate surface area is 152 Å². The predicted molar refractivity (Wildman–Crippen MR) is 95.4 cm³/mol. The van der Waals surface area contributed by atoms with Gasteiger partial charge in [-0.1, -0.05) is 70.4 Å². The number of benzene rings is 1. The van der Waals surface area contributed by atoms with E-state index in [1.807, 2.05) is 0 Å². The zero-order chi connectivity index (χ0) is 15.6. The van der Waals surface area contributed by atoms with E-state index in [9.17, 15) is 0 Å². The number of fused-ring (bicyclic) bond motifs is 1. The predicted octanol–water partition coefficient (Wildman–Crippen LogP) is -0.728. The lowest BCUT2D eigenvalue weighted by atomic mass is 10.1. The molecule has 0 spiro atoms. The molecule has 0 amide bonds. The molecule has 0 fully saturated rings. The molecule has 2 rings (SSSR count). The van der Waals surface area contributed by atoms with E-state index in [2.05, 4.69) is 37.4 Å². The Balaban J connectivity index is 0.00000264. The second-order valence-electron chi connectivity index (χ2n) is 6.60. The molecule has 2 nitrogen and oxygen atoms in total. The van der Waals surface area contributed by atoms with Crippen molar-refractivity contribution in [1.82, 2.24) is 0 Å². The molecule has 0 radical (unpaired) electrons. The lowest BCUT2D eigenvalue weighted by Crippen LogP contribution is -3.05. The first-order valence-corrected chi connectivity index (χ1v) is 9.25. The summed E-state index contributed by atoms with van der Waals surface area (Å²) < 4.78 is 0. The van der Waals surface area contributed by atoms with E-state index in [-0.39, 0.29) is 17.0 Å². The van der Waals surface area contributed by atoms with E-state index >= 15 is 0 Å². The van der Waals surface area contributed by atoms with Crippen LogP contribution in [0.4, 0.5) is 0 Å². The van der Waals surface area contributed by atoms with Gasteiger partial charge in [-0.05, 0) is 25.0 Å². The molecule has 0 aromatic heterocycles. The zero-order valence-corrected chi connectivity index (χ0v) is 16.2. The van der Waals surface area contributed by atoms with Gasteiger partial charge in [0.2, 0.25) is 5.82 Å². The smallest absolute Gasteiger partial charge is 0.209 e. The van der Waals surface area contributed by atoms with Crippen LogP contribution in [-0.2, 0) is 0 Å². The first-order chi connectivity index (χ1) is 10.8. The maximum atomic E-state index is 6.26. The zero-order valence-electron chi connectivity index (χ0n) is 14.6. The fourth-order valence-corrected chi connectivity index (χ4v) is 3.32. The molecule has 23 heavy (non-hydrogen) atoms. The van der Waals surface area contributed by atoms with Crippen molar-refractivity contribution in [2.75, 3.05) is 6.54 Å². The van der Waals surface area contributed by atoms with Crippen LogP contribution in [-0.4, -0.2) is 6.54 Å². The van der Waals surface area contributed by atoms with Gasteiger partial charge in [-0.3, -0.25) is 4.90 Å². The maximum Gasteiger partial charge on any atom is 0.209 e. The lowest BCUT2D eigenvalue weighted by molar-refractivity contribution is -0.738. The normalized spacial score (nSPS) is 15.9. The van der Waals surface area contributed by atoms with Crippen molar-refractivity contribution in [3.63, 3.8) is 0 Å². The lowest BCUT2D eigenvalue weighted by Gasteiger charge is -2.10. The van der Waals surface area contributed by atoms with Crippen molar-refractivity contribution in [3.8, 4) is 0 Å². The Hall–Kier alpha value is -0.800. The SMILES string of the molecule is CCCCCCCCCCCC[NH+]1C=c2ccccc2=C1N.[Br-]. The second-order valence-corrected chi connectivity index (χ2v) is 6.60. The summed E-state index contributed by atoms with van der Waals surface area (Å²) in [5.74, 6) is 1.01. The summed E-state index contributed by atoms with van der Waals surface area (Å²) in [5.41, 5.74) is 6.26. The van der Waals surface area contributed by atoms with Gasteiger partial charge < -0.3 is 22.7 Å². The Bertz CT molecular complexity index is 553. The number of nitrogens with two attached hydrogens (primary N) is 1. The minimum atomic E-state index is 0. The molecule has 1 aliphatic heterocycles.